The second-order valence-electron chi connectivity index (χ2n) is 3.46. The van der Waals surface area contributed by atoms with Gasteiger partial charge in [-0.25, -0.2) is 0 Å². The molecule has 0 rings (SSSR count). The van der Waals surface area contributed by atoms with E-state index in [1.807, 2.05) is 21.0 Å². The third-order valence-electron chi connectivity index (χ3n) is 2.05. The third-order valence-corrected chi connectivity index (χ3v) is 2.05. The molecule has 0 aliphatic carbocycles. The molecule has 13 heavy (non-hydrogen) atoms. The van der Waals surface area contributed by atoms with E-state index in [2.05, 4.69) is 5.32 Å². The molecule has 0 saturated carbocycles. The maximum Gasteiger partial charge on any atom is 0.222 e. The second-order valence-corrected chi connectivity index (χ2v) is 3.46. The zero-order chi connectivity index (χ0) is 10.3. The number of nitrogens with zero attached hydrogens (tertiary/aromatic N) is 1. The number of carbonyl (C=O) groups excluding carboxylic acids is 1. The summed E-state index contributed by atoms with van der Waals surface area (Å²) < 4.78 is 0. The number of amides is 1. The zero-order valence-corrected chi connectivity index (χ0v) is 8.84. The molecule has 0 spiro atoms. The number of rotatable bonds is 6. The molecule has 0 aromatic rings. The van der Waals surface area contributed by atoms with Gasteiger partial charge in [0.15, 0.2) is 0 Å². The Morgan fingerprint density at radius 2 is 2.23 bits per heavy atom. The van der Waals surface area contributed by atoms with Gasteiger partial charge in [0.1, 0.15) is 0 Å². The molecule has 0 aliphatic rings. The Labute approximate surface area is 80.5 Å². The van der Waals surface area contributed by atoms with E-state index >= 15 is 0 Å². The van der Waals surface area contributed by atoms with Crippen molar-refractivity contribution in [2.75, 3.05) is 33.7 Å². The molecular weight excluding hydrogens is 166 g/mol. The summed E-state index contributed by atoms with van der Waals surface area (Å²) in [5.41, 5.74) is 5.44. The van der Waals surface area contributed by atoms with Gasteiger partial charge in [-0.2, -0.15) is 0 Å². The first-order chi connectivity index (χ1) is 6.11. The maximum absolute atomic E-state index is 11.5. The highest BCUT2D eigenvalue weighted by Crippen LogP contribution is 2.01. The molecule has 78 valence electrons. The Kier molecular flexibility index (Phi) is 6.54. The summed E-state index contributed by atoms with van der Waals surface area (Å²) in [6.07, 6.45) is 0.552. The van der Waals surface area contributed by atoms with E-state index in [9.17, 15) is 4.79 Å². The Hall–Kier alpha value is -0.610. The van der Waals surface area contributed by atoms with Gasteiger partial charge in [0.2, 0.25) is 5.91 Å². The molecule has 0 saturated heterocycles. The minimum atomic E-state index is 0.174. The number of hydrogen-bond acceptors (Lipinski definition) is 3. The third kappa shape index (κ3) is 5.60. The zero-order valence-electron chi connectivity index (χ0n) is 8.84. The predicted octanol–water partition coefficient (Wildman–Crippen LogP) is -0.351. The fourth-order valence-corrected chi connectivity index (χ4v) is 0.941. The van der Waals surface area contributed by atoms with Crippen molar-refractivity contribution < 1.29 is 4.79 Å². The van der Waals surface area contributed by atoms with Crippen molar-refractivity contribution in [3.8, 4) is 0 Å². The molecule has 0 fully saturated rings. The highest BCUT2D eigenvalue weighted by molar-refractivity contribution is 5.76. The van der Waals surface area contributed by atoms with Gasteiger partial charge >= 0.3 is 0 Å². The molecule has 4 heteroatoms. The molecule has 0 heterocycles. The lowest BCUT2D eigenvalue weighted by molar-refractivity contribution is -0.130. The fourth-order valence-electron chi connectivity index (χ4n) is 0.941. The monoisotopic (exact) mass is 187 g/mol. The fraction of sp³-hybridized carbons (Fsp3) is 0.889. The lowest BCUT2D eigenvalue weighted by Crippen LogP contribution is -2.34. The Morgan fingerprint density at radius 3 is 2.69 bits per heavy atom. The summed E-state index contributed by atoms with van der Waals surface area (Å²) in [5.74, 6) is 0.456. The number of carbonyl (C=O) groups is 1. The van der Waals surface area contributed by atoms with Crippen LogP contribution in [0.15, 0.2) is 0 Å². The molecule has 0 aliphatic heterocycles. The van der Waals surface area contributed by atoms with Gasteiger partial charge in [-0.15, -0.1) is 0 Å². The average Bonchev–Trinajstić information content (AvgIpc) is 2.13. The Morgan fingerprint density at radius 1 is 1.62 bits per heavy atom. The number of nitrogens with one attached hydrogen (secondary N) is 1. The first kappa shape index (κ1) is 12.4. The van der Waals surface area contributed by atoms with Crippen molar-refractivity contribution in [2.45, 2.75) is 13.3 Å². The van der Waals surface area contributed by atoms with Crippen LogP contribution in [0.4, 0.5) is 0 Å². The maximum atomic E-state index is 11.5. The standard InChI is InChI=1S/C9H21N3O/c1-8(7-10)6-9(13)12(3)5-4-11-2/h8,11H,4-7,10H2,1-3H3. The summed E-state index contributed by atoms with van der Waals surface area (Å²) >= 11 is 0. The molecule has 4 nitrogen and oxygen atoms in total. The van der Waals surface area contributed by atoms with Crippen LogP contribution in [0.1, 0.15) is 13.3 Å². The van der Waals surface area contributed by atoms with Crippen LogP contribution in [0.5, 0.6) is 0 Å². The summed E-state index contributed by atoms with van der Waals surface area (Å²) in [4.78, 5) is 13.2. The van der Waals surface area contributed by atoms with Crippen LogP contribution in [-0.2, 0) is 4.79 Å². The molecule has 1 unspecified atom stereocenters. The van der Waals surface area contributed by atoms with E-state index < -0.39 is 0 Å². The van der Waals surface area contributed by atoms with Crippen LogP contribution < -0.4 is 11.1 Å². The van der Waals surface area contributed by atoms with Gasteiger partial charge in [0, 0.05) is 26.6 Å². The number of nitrogens with two attached hydrogens (primary N) is 1. The van der Waals surface area contributed by atoms with Gasteiger partial charge in [0.05, 0.1) is 0 Å². The van der Waals surface area contributed by atoms with Crippen LogP contribution in [-0.4, -0.2) is 44.5 Å². The van der Waals surface area contributed by atoms with Crippen molar-refractivity contribution in [1.82, 2.24) is 10.2 Å². The van der Waals surface area contributed by atoms with Crippen LogP contribution in [0, 0.1) is 5.92 Å². The van der Waals surface area contributed by atoms with Gasteiger partial charge in [-0.3, -0.25) is 4.79 Å². The Balaban J connectivity index is 3.68. The quantitative estimate of drug-likeness (QED) is 0.597. The van der Waals surface area contributed by atoms with E-state index in [1.165, 1.54) is 0 Å². The van der Waals surface area contributed by atoms with Crippen LogP contribution in [0.25, 0.3) is 0 Å². The van der Waals surface area contributed by atoms with Crippen molar-refractivity contribution in [2.24, 2.45) is 11.7 Å². The molecule has 0 radical (unpaired) electrons. The summed E-state index contributed by atoms with van der Waals surface area (Å²) in [6.45, 7) is 4.15. The van der Waals surface area contributed by atoms with Crippen molar-refractivity contribution in [3.05, 3.63) is 0 Å². The van der Waals surface area contributed by atoms with E-state index in [0.717, 1.165) is 13.1 Å². The average molecular weight is 187 g/mol. The second kappa shape index (κ2) is 6.86. The smallest absolute Gasteiger partial charge is 0.222 e. The van der Waals surface area contributed by atoms with Gasteiger partial charge < -0.3 is 16.0 Å². The van der Waals surface area contributed by atoms with E-state index in [4.69, 9.17) is 5.73 Å². The highest BCUT2D eigenvalue weighted by atomic mass is 16.2. The van der Waals surface area contributed by atoms with Crippen molar-refractivity contribution >= 4 is 5.91 Å². The van der Waals surface area contributed by atoms with E-state index in [-0.39, 0.29) is 11.8 Å². The van der Waals surface area contributed by atoms with Crippen molar-refractivity contribution in [3.63, 3.8) is 0 Å². The summed E-state index contributed by atoms with van der Waals surface area (Å²) in [6, 6.07) is 0. The molecule has 1 atom stereocenters. The molecule has 0 bridgehead atoms. The number of hydrogen-bond donors (Lipinski definition) is 2. The summed E-state index contributed by atoms with van der Waals surface area (Å²) in [7, 11) is 3.70. The van der Waals surface area contributed by atoms with Gasteiger partial charge in [0.25, 0.3) is 0 Å². The van der Waals surface area contributed by atoms with Crippen molar-refractivity contribution in [1.29, 1.82) is 0 Å². The SMILES string of the molecule is CNCCN(C)C(=O)CC(C)CN. The molecule has 3 N–H and O–H groups in total. The van der Waals surface area contributed by atoms with Gasteiger partial charge in [-0.1, -0.05) is 6.92 Å². The summed E-state index contributed by atoms with van der Waals surface area (Å²) in [5, 5.41) is 3.00. The topological polar surface area (TPSA) is 58.4 Å². The van der Waals surface area contributed by atoms with Crippen LogP contribution >= 0.6 is 0 Å². The highest BCUT2D eigenvalue weighted by Gasteiger charge is 2.11. The molecule has 0 aromatic carbocycles. The van der Waals surface area contributed by atoms with Crippen LogP contribution in [0.2, 0.25) is 0 Å². The molecule has 1 amide bonds. The lowest BCUT2D eigenvalue weighted by Gasteiger charge is -2.18. The van der Waals surface area contributed by atoms with E-state index in [0.29, 0.717) is 13.0 Å². The van der Waals surface area contributed by atoms with E-state index in [1.54, 1.807) is 4.90 Å². The predicted molar refractivity (Wildman–Crippen MR) is 54.4 cm³/mol. The molecular formula is C9H21N3O. The largest absolute Gasteiger partial charge is 0.344 e. The lowest BCUT2D eigenvalue weighted by atomic mass is 10.1. The van der Waals surface area contributed by atoms with Crippen LogP contribution in [0.3, 0.4) is 0 Å². The minimum absolute atomic E-state index is 0.174. The first-order valence-corrected chi connectivity index (χ1v) is 4.70. The number of likely N-dealkylation sites (N-methyl/N-ethyl adjacent to an activating group) is 2. The first-order valence-electron chi connectivity index (χ1n) is 4.70. The Bertz CT molecular complexity index is 150. The minimum Gasteiger partial charge on any atom is -0.344 e. The molecule has 0 aromatic heterocycles. The van der Waals surface area contributed by atoms with Gasteiger partial charge in [-0.05, 0) is 19.5 Å². The normalized spacial score (nSPS) is 12.6.